The highest BCUT2D eigenvalue weighted by atomic mass is 16.2. The maximum atomic E-state index is 12.4. The first-order valence-corrected chi connectivity index (χ1v) is 8.07. The second-order valence-corrected chi connectivity index (χ2v) is 5.87. The molecule has 1 aliphatic heterocycles. The van der Waals surface area contributed by atoms with Crippen LogP contribution in [0.2, 0.25) is 0 Å². The van der Waals surface area contributed by atoms with Gasteiger partial charge < -0.3 is 10.2 Å². The Morgan fingerprint density at radius 1 is 1.00 bits per heavy atom. The number of benzene rings is 2. The van der Waals surface area contributed by atoms with E-state index in [0.29, 0.717) is 24.3 Å². The van der Waals surface area contributed by atoms with Gasteiger partial charge in [0.05, 0.1) is 0 Å². The third kappa shape index (κ3) is 3.85. The quantitative estimate of drug-likeness (QED) is 0.853. The number of Topliss-reactive ketones (excluding diaryl/α,β-unsaturated/α-hetero) is 1. The van der Waals surface area contributed by atoms with Gasteiger partial charge in [0.25, 0.3) is 0 Å². The summed E-state index contributed by atoms with van der Waals surface area (Å²) in [5, 5.41) is 2.75. The second-order valence-electron chi connectivity index (χ2n) is 5.87. The highest BCUT2D eigenvalue weighted by molar-refractivity contribution is 6.00. The van der Waals surface area contributed by atoms with Crippen LogP contribution < -0.4 is 10.2 Å². The molecule has 6 nitrogen and oxygen atoms in total. The van der Waals surface area contributed by atoms with E-state index in [0.717, 1.165) is 5.69 Å². The first kappa shape index (κ1) is 16.7. The molecule has 0 aromatic heterocycles. The molecule has 1 aliphatic rings. The fraction of sp³-hybridized carbons (Fsp3) is 0.211. The van der Waals surface area contributed by atoms with Crippen molar-refractivity contribution in [2.45, 2.75) is 6.92 Å². The van der Waals surface area contributed by atoms with Crippen molar-refractivity contribution in [2.75, 3.05) is 29.9 Å². The molecule has 0 unspecified atom stereocenters. The molecule has 2 aromatic carbocycles. The predicted molar refractivity (Wildman–Crippen MR) is 95.8 cm³/mol. The SMILES string of the molecule is CC(=O)c1ccc(NC(=O)CN2CCN(c3ccccc3)C2=O)cc1. The molecule has 0 spiro atoms. The largest absolute Gasteiger partial charge is 0.325 e. The lowest BCUT2D eigenvalue weighted by molar-refractivity contribution is -0.116. The summed E-state index contributed by atoms with van der Waals surface area (Å²) in [5.74, 6) is -0.291. The molecule has 25 heavy (non-hydrogen) atoms. The maximum absolute atomic E-state index is 12.4. The molecule has 1 N–H and O–H groups in total. The van der Waals surface area contributed by atoms with Crippen LogP contribution in [0, 0.1) is 0 Å². The summed E-state index contributed by atoms with van der Waals surface area (Å²) in [4.78, 5) is 39.1. The van der Waals surface area contributed by atoms with Gasteiger partial charge in [-0.3, -0.25) is 14.5 Å². The molecule has 128 valence electrons. The van der Waals surface area contributed by atoms with Gasteiger partial charge in [0.2, 0.25) is 5.91 Å². The molecule has 3 rings (SSSR count). The van der Waals surface area contributed by atoms with Crippen molar-refractivity contribution in [1.82, 2.24) is 4.90 Å². The lowest BCUT2D eigenvalue weighted by atomic mass is 10.1. The number of nitrogens with zero attached hydrogens (tertiary/aromatic N) is 2. The molecule has 1 saturated heterocycles. The number of nitrogens with one attached hydrogen (secondary N) is 1. The lowest BCUT2D eigenvalue weighted by Crippen LogP contribution is -2.37. The number of ketones is 1. The summed E-state index contributed by atoms with van der Waals surface area (Å²) in [6.07, 6.45) is 0. The lowest BCUT2D eigenvalue weighted by Gasteiger charge is -2.18. The molecule has 1 heterocycles. The van der Waals surface area contributed by atoms with Crippen molar-refractivity contribution < 1.29 is 14.4 Å². The highest BCUT2D eigenvalue weighted by Crippen LogP contribution is 2.19. The monoisotopic (exact) mass is 337 g/mol. The van der Waals surface area contributed by atoms with Crippen LogP contribution in [0.1, 0.15) is 17.3 Å². The van der Waals surface area contributed by atoms with Crippen molar-refractivity contribution in [1.29, 1.82) is 0 Å². The first-order valence-electron chi connectivity index (χ1n) is 8.07. The minimum absolute atomic E-state index is 0.00335. The van der Waals surface area contributed by atoms with Crippen LogP contribution in [0.15, 0.2) is 54.6 Å². The van der Waals surface area contributed by atoms with Crippen LogP contribution in [0.4, 0.5) is 16.2 Å². The zero-order valence-electron chi connectivity index (χ0n) is 13.9. The van der Waals surface area contributed by atoms with Gasteiger partial charge in [0.15, 0.2) is 5.78 Å². The van der Waals surface area contributed by atoms with E-state index in [9.17, 15) is 14.4 Å². The molecule has 0 aliphatic carbocycles. The Labute approximate surface area is 146 Å². The second kappa shape index (κ2) is 7.17. The minimum Gasteiger partial charge on any atom is -0.325 e. The van der Waals surface area contributed by atoms with Gasteiger partial charge in [-0.15, -0.1) is 0 Å². The Morgan fingerprint density at radius 3 is 2.32 bits per heavy atom. The van der Waals surface area contributed by atoms with Crippen LogP contribution in [-0.4, -0.2) is 42.3 Å². The summed E-state index contributed by atoms with van der Waals surface area (Å²) in [6.45, 7) is 2.55. The van der Waals surface area contributed by atoms with E-state index in [1.807, 2.05) is 30.3 Å². The van der Waals surface area contributed by atoms with Crippen LogP contribution in [0.3, 0.4) is 0 Å². The average molecular weight is 337 g/mol. The molecule has 0 radical (unpaired) electrons. The Hall–Kier alpha value is -3.15. The highest BCUT2D eigenvalue weighted by Gasteiger charge is 2.30. The van der Waals surface area contributed by atoms with E-state index in [1.165, 1.54) is 11.8 Å². The molecular formula is C19H19N3O3. The van der Waals surface area contributed by atoms with E-state index in [1.54, 1.807) is 29.2 Å². The third-order valence-electron chi connectivity index (χ3n) is 4.07. The molecule has 1 fully saturated rings. The average Bonchev–Trinajstić information content (AvgIpc) is 2.96. The normalized spacial score (nSPS) is 13.9. The molecule has 3 amide bonds. The van der Waals surface area contributed by atoms with E-state index < -0.39 is 0 Å². The van der Waals surface area contributed by atoms with E-state index in [4.69, 9.17) is 0 Å². The molecule has 2 aromatic rings. The molecular weight excluding hydrogens is 318 g/mol. The zero-order chi connectivity index (χ0) is 17.8. The fourth-order valence-corrected chi connectivity index (χ4v) is 2.74. The third-order valence-corrected chi connectivity index (χ3v) is 4.07. The predicted octanol–water partition coefficient (Wildman–Crippen LogP) is 2.77. The number of carbonyl (C=O) groups excluding carboxylic acids is 3. The Morgan fingerprint density at radius 2 is 1.68 bits per heavy atom. The van der Waals surface area contributed by atoms with Crippen molar-refractivity contribution in [3.63, 3.8) is 0 Å². The Balaban J connectivity index is 1.58. The number of urea groups is 1. The number of hydrogen-bond acceptors (Lipinski definition) is 3. The number of amides is 3. The molecule has 0 bridgehead atoms. The number of carbonyl (C=O) groups is 3. The van der Waals surface area contributed by atoms with E-state index in [2.05, 4.69) is 5.32 Å². The summed E-state index contributed by atoms with van der Waals surface area (Å²) in [6, 6.07) is 15.9. The standard InChI is InChI=1S/C19H19N3O3/c1-14(23)15-7-9-16(10-8-15)20-18(24)13-21-11-12-22(19(21)25)17-5-3-2-4-6-17/h2-10H,11-13H2,1H3,(H,20,24). The fourth-order valence-electron chi connectivity index (χ4n) is 2.74. The van der Waals surface area contributed by atoms with Crippen molar-refractivity contribution >= 4 is 29.1 Å². The van der Waals surface area contributed by atoms with Crippen molar-refractivity contribution in [2.24, 2.45) is 0 Å². The topological polar surface area (TPSA) is 69.7 Å². The summed E-state index contributed by atoms with van der Waals surface area (Å²) >= 11 is 0. The zero-order valence-corrected chi connectivity index (χ0v) is 13.9. The van der Waals surface area contributed by atoms with Gasteiger partial charge in [0.1, 0.15) is 6.54 Å². The van der Waals surface area contributed by atoms with Gasteiger partial charge >= 0.3 is 6.03 Å². The summed E-state index contributed by atoms with van der Waals surface area (Å²) < 4.78 is 0. The van der Waals surface area contributed by atoms with Gasteiger partial charge in [-0.25, -0.2) is 4.79 Å². The van der Waals surface area contributed by atoms with Gasteiger partial charge in [-0.1, -0.05) is 18.2 Å². The molecule has 0 saturated carbocycles. The number of anilines is 2. The molecule has 6 heteroatoms. The number of para-hydroxylation sites is 1. The van der Waals surface area contributed by atoms with Crippen LogP contribution in [0.5, 0.6) is 0 Å². The Kier molecular flexibility index (Phi) is 4.79. The van der Waals surface area contributed by atoms with E-state index >= 15 is 0 Å². The Bertz CT molecular complexity index is 787. The number of rotatable bonds is 5. The van der Waals surface area contributed by atoms with Crippen molar-refractivity contribution in [3.05, 3.63) is 60.2 Å². The van der Waals surface area contributed by atoms with Crippen molar-refractivity contribution in [3.8, 4) is 0 Å². The molecule has 0 atom stereocenters. The minimum atomic E-state index is -0.265. The summed E-state index contributed by atoms with van der Waals surface area (Å²) in [7, 11) is 0. The van der Waals surface area contributed by atoms with Crippen LogP contribution >= 0.6 is 0 Å². The smallest absolute Gasteiger partial charge is 0.325 e. The van der Waals surface area contributed by atoms with Gasteiger partial charge in [-0.2, -0.15) is 0 Å². The number of hydrogen-bond donors (Lipinski definition) is 1. The van der Waals surface area contributed by atoms with E-state index in [-0.39, 0.29) is 24.3 Å². The van der Waals surface area contributed by atoms with Crippen LogP contribution in [0.25, 0.3) is 0 Å². The summed E-state index contributed by atoms with van der Waals surface area (Å²) in [5.41, 5.74) is 2.02. The van der Waals surface area contributed by atoms with Gasteiger partial charge in [-0.05, 0) is 43.3 Å². The first-order chi connectivity index (χ1) is 12.0. The van der Waals surface area contributed by atoms with Gasteiger partial charge in [0, 0.05) is 30.0 Å². The maximum Gasteiger partial charge on any atom is 0.325 e. The van der Waals surface area contributed by atoms with Crippen LogP contribution in [-0.2, 0) is 4.79 Å².